The Morgan fingerprint density at radius 3 is 2.80 bits per heavy atom. The molecule has 7 nitrogen and oxygen atoms in total. The Bertz CT molecular complexity index is 550. The monoisotopic (exact) mass is 274 g/mol. The molecule has 2 heterocycles. The van der Waals surface area contributed by atoms with E-state index in [2.05, 4.69) is 25.5 Å². The topological polar surface area (TPSA) is 86.8 Å². The molecular weight excluding hydrogens is 256 g/mol. The third-order valence-electron chi connectivity index (χ3n) is 2.95. The van der Waals surface area contributed by atoms with E-state index in [0.717, 1.165) is 11.5 Å². The van der Waals surface area contributed by atoms with Gasteiger partial charge >= 0.3 is 0 Å². The summed E-state index contributed by atoms with van der Waals surface area (Å²) in [7, 11) is 0. The molecule has 0 aliphatic rings. The highest BCUT2D eigenvalue weighted by molar-refractivity contribution is 5.93. The molecule has 0 aliphatic heterocycles. The summed E-state index contributed by atoms with van der Waals surface area (Å²) >= 11 is 0. The van der Waals surface area contributed by atoms with Crippen LogP contribution in [-0.4, -0.2) is 44.1 Å². The molecule has 2 rings (SSSR count). The number of carbonyl (C=O) groups excluding carboxylic acids is 1. The molecule has 1 amide bonds. The van der Waals surface area contributed by atoms with Gasteiger partial charge in [0.2, 0.25) is 0 Å². The molecule has 2 aromatic heterocycles. The Kier molecular flexibility index (Phi) is 4.65. The number of carbonyl (C=O) groups is 1. The molecule has 0 radical (unpaired) electrons. The number of amides is 1. The molecule has 0 saturated carbocycles. The average molecular weight is 274 g/mol. The Balaban J connectivity index is 2.05. The van der Waals surface area contributed by atoms with Crippen LogP contribution < -0.4 is 5.32 Å². The number of aromatic nitrogens is 4. The van der Waals surface area contributed by atoms with E-state index < -0.39 is 0 Å². The van der Waals surface area contributed by atoms with Crippen molar-refractivity contribution in [2.24, 2.45) is 0 Å². The number of hydrogen-bond acceptors (Lipinski definition) is 5. The second kappa shape index (κ2) is 6.65. The van der Waals surface area contributed by atoms with Gasteiger partial charge in [0, 0.05) is 25.0 Å². The predicted octanol–water partition coefficient (Wildman–Crippen LogP) is 1.29. The maximum absolute atomic E-state index is 12.2. The molecule has 2 aromatic rings. The van der Waals surface area contributed by atoms with Gasteiger partial charge < -0.3 is 10.2 Å². The number of anilines is 1. The van der Waals surface area contributed by atoms with Crippen LogP contribution >= 0.6 is 0 Å². The summed E-state index contributed by atoms with van der Waals surface area (Å²) < 4.78 is 0. The number of H-pyrrole nitrogens is 1. The minimum atomic E-state index is -0.0571. The van der Waals surface area contributed by atoms with Gasteiger partial charge in [-0.25, -0.2) is 4.98 Å². The second-order valence-corrected chi connectivity index (χ2v) is 4.19. The molecule has 0 aliphatic carbocycles. The lowest BCUT2D eigenvalue weighted by atomic mass is 10.2. The van der Waals surface area contributed by atoms with Crippen LogP contribution in [0.1, 0.15) is 30.2 Å². The maximum atomic E-state index is 12.2. The van der Waals surface area contributed by atoms with Crippen molar-refractivity contribution < 1.29 is 4.79 Å². The normalized spacial score (nSPS) is 10.3. The van der Waals surface area contributed by atoms with Crippen LogP contribution in [0.4, 0.5) is 5.69 Å². The minimum Gasteiger partial charge on any atom is -0.378 e. The fraction of sp³-hybridized carbons (Fsp3) is 0.385. The number of nitrogens with zero attached hydrogens (tertiary/aromatic N) is 4. The van der Waals surface area contributed by atoms with Gasteiger partial charge in [0.1, 0.15) is 17.8 Å². The lowest BCUT2D eigenvalue weighted by molar-refractivity contribution is 0.0767. The van der Waals surface area contributed by atoms with Gasteiger partial charge in [0.05, 0.1) is 6.54 Å². The van der Waals surface area contributed by atoms with E-state index >= 15 is 0 Å². The fourth-order valence-electron chi connectivity index (χ4n) is 1.83. The van der Waals surface area contributed by atoms with E-state index in [1.807, 2.05) is 19.9 Å². The van der Waals surface area contributed by atoms with Crippen LogP contribution in [-0.2, 0) is 6.54 Å². The maximum Gasteiger partial charge on any atom is 0.272 e. The SMILES string of the molecule is CCN(CC)C(=O)c1cc(NCc2ncn[nH]2)ccn1. The van der Waals surface area contributed by atoms with Gasteiger partial charge in [-0.2, -0.15) is 5.10 Å². The summed E-state index contributed by atoms with van der Waals surface area (Å²) in [6.07, 6.45) is 3.08. The van der Waals surface area contributed by atoms with Crippen LogP contribution in [0.25, 0.3) is 0 Å². The molecule has 0 aromatic carbocycles. The Morgan fingerprint density at radius 2 is 2.15 bits per heavy atom. The number of rotatable bonds is 6. The molecule has 0 saturated heterocycles. The van der Waals surface area contributed by atoms with Crippen molar-refractivity contribution in [1.29, 1.82) is 0 Å². The number of hydrogen-bond donors (Lipinski definition) is 2. The number of nitrogens with one attached hydrogen (secondary N) is 2. The van der Waals surface area contributed by atoms with E-state index in [-0.39, 0.29) is 5.91 Å². The van der Waals surface area contributed by atoms with Crippen molar-refractivity contribution in [2.75, 3.05) is 18.4 Å². The van der Waals surface area contributed by atoms with E-state index in [1.165, 1.54) is 6.33 Å². The molecular formula is C13H18N6O. The van der Waals surface area contributed by atoms with E-state index in [9.17, 15) is 4.79 Å². The third-order valence-corrected chi connectivity index (χ3v) is 2.95. The zero-order valence-electron chi connectivity index (χ0n) is 11.6. The third kappa shape index (κ3) is 3.31. The summed E-state index contributed by atoms with van der Waals surface area (Å²) in [6.45, 7) is 5.77. The zero-order valence-corrected chi connectivity index (χ0v) is 11.6. The number of pyridine rings is 1. The van der Waals surface area contributed by atoms with Gasteiger partial charge in [-0.05, 0) is 26.0 Å². The molecule has 2 N–H and O–H groups in total. The summed E-state index contributed by atoms with van der Waals surface area (Å²) in [4.78, 5) is 22.1. The molecule has 0 unspecified atom stereocenters. The lowest BCUT2D eigenvalue weighted by Gasteiger charge is -2.18. The van der Waals surface area contributed by atoms with E-state index in [1.54, 1.807) is 17.2 Å². The first kappa shape index (κ1) is 14.0. The summed E-state index contributed by atoms with van der Waals surface area (Å²) in [5, 5.41) is 9.72. The van der Waals surface area contributed by atoms with E-state index in [4.69, 9.17) is 0 Å². The molecule has 7 heteroatoms. The first-order valence-corrected chi connectivity index (χ1v) is 6.58. The van der Waals surface area contributed by atoms with Crippen molar-refractivity contribution in [2.45, 2.75) is 20.4 Å². The van der Waals surface area contributed by atoms with Gasteiger partial charge in [0.25, 0.3) is 5.91 Å². The van der Waals surface area contributed by atoms with Gasteiger partial charge in [-0.3, -0.25) is 14.9 Å². The quantitative estimate of drug-likeness (QED) is 0.829. The molecule has 20 heavy (non-hydrogen) atoms. The van der Waals surface area contributed by atoms with Crippen LogP contribution in [0.3, 0.4) is 0 Å². The van der Waals surface area contributed by atoms with Crippen molar-refractivity contribution in [3.63, 3.8) is 0 Å². The molecule has 0 fully saturated rings. The zero-order chi connectivity index (χ0) is 14.4. The standard InChI is InChI=1S/C13H18N6O/c1-3-19(4-2)13(20)11-7-10(5-6-14-11)15-8-12-16-9-17-18-12/h5-7,9H,3-4,8H2,1-2H3,(H,14,15)(H,16,17,18). The minimum absolute atomic E-state index is 0.0571. The largest absolute Gasteiger partial charge is 0.378 e. The highest BCUT2D eigenvalue weighted by Gasteiger charge is 2.14. The van der Waals surface area contributed by atoms with Crippen molar-refractivity contribution >= 4 is 11.6 Å². The molecule has 106 valence electrons. The summed E-state index contributed by atoms with van der Waals surface area (Å²) in [5.41, 5.74) is 1.27. The molecule has 0 bridgehead atoms. The highest BCUT2D eigenvalue weighted by Crippen LogP contribution is 2.11. The number of aromatic amines is 1. The second-order valence-electron chi connectivity index (χ2n) is 4.19. The lowest BCUT2D eigenvalue weighted by Crippen LogP contribution is -2.31. The fourth-order valence-corrected chi connectivity index (χ4v) is 1.83. The Labute approximate surface area is 117 Å². The van der Waals surface area contributed by atoms with E-state index in [0.29, 0.717) is 25.3 Å². The van der Waals surface area contributed by atoms with Crippen molar-refractivity contribution in [3.05, 3.63) is 36.2 Å². The van der Waals surface area contributed by atoms with Crippen LogP contribution in [0, 0.1) is 0 Å². The Hall–Kier alpha value is -2.44. The first-order valence-electron chi connectivity index (χ1n) is 6.58. The smallest absolute Gasteiger partial charge is 0.272 e. The van der Waals surface area contributed by atoms with Crippen LogP contribution in [0.2, 0.25) is 0 Å². The van der Waals surface area contributed by atoms with Crippen molar-refractivity contribution in [3.8, 4) is 0 Å². The van der Waals surface area contributed by atoms with Crippen LogP contribution in [0.15, 0.2) is 24.7 Å². The molecule has 0 atom stereocenters. The molecule has 0 spiro atoms. The predicted molar refractivity (Wildman–Crippen MR) is 75.2 cm³/mol. The highest BCUT2D eigenvalue weighted by atomic mass is 16.2. The van der Waals surface area contributed by atoms with Gasteiger partial charge in [-0.15, -0.1) is 0 Å². The Morgan fingerprint density at radius 1 is 1.35 bits per heavy atom. The first-order chi connectivity index (χ1) is 9.74. The van der Waals surface area contributed by atoms with Gasteiger partial charge in [0.15, 0.2) is 0 Å². The average Bonchev–Trinajstić information content (AvgIpc) is 3.00. The van der Waals surface area contributed by atoms with Crippen LogP contribution in [0.5, 0.6) is 0 Å². The van der Waals surface area contributed by atoms with Gasteiger partial charge in [-0.1, -0.05) is 0 Å². The van der Waals surface area contributed by atoms with Crippen molar-refractivity contribution in [1.82, 2.24) is 25.1 Å². The summed E-state index contributed by atoms with van der Waals surface area (Å²) in [5.74, 6) is 0.678. The summed E-state index contributed by atoms with van der Waals surface area (Å²) in [6, 6.07) is 3.56.